The van der Waals surface area contributed by atoms with Crippen LogP contribution in [0.25, 0.3) is 10.8 Å². The Morgan fingerprint density at radius 3 is 2.70 bits per heavy atom. The second-order valence-electron chi connectivity index (χ2n) is 10.7. The maximum atomic E-state index is 13.7. The zero-order valence-electron chi connectivity index (χ0n) is 21.8. The number of carbonyl (C=O) groups is 3. The number of methoxy groups -OCH3 is 1. The standard InChI is InChI=1S/C27H35N3O7/c1-27(2,3)22-24(32)30-15-17(14-20(30)25(33)35-4)37-23-19-12-16(13-21(31)18(19)9-10-28-23)8-6-5-7-11-36-26(34)29-22/h9-10,12-13,17,20,22,31H,5-8,11,14-15H2,1-4H3,(H,29,34)/t17-,20?,22-/m1/s1. The smallest absolute Gasteiger partial charge is 0.407 e. The number of aromatic hydroxyl groups is 1. The van der Waals surface area contributed by atoms with Gasteiger partial charge in [0.25, 0.3) is 0 Å². The number of alkyl carbamates (subject to hydrolysis) is 1. The summed E-state index contributed by atoms with van der Waals surface area (Å²) in [6.07, 6.45) is 3.58. The summed E-state index contributed by atoms with van der Waals surface area (Å²) >= 11 is 0. The summed E-state index contributed by atoms with van der Waals surface area (Å²) in [4.78, 5) is 44.8. The molecule has 2 aromatic rings. The number of pyridine rings is 1. The molecule has 1 aromatic carbocycles. The van der Waals surface area contributed by atoms with Gasteiger partial charge >= 0.3 is 12.1 Å². The van der Waals surface area contributed by atoms with Gasteiger partial charge in [-0.05, 0) is 54.9 Å². The molecule has 10 nitrogen and oxygen atoms in total. The van der Waals surface area contributed by atoms with Crippen LogP contribution in [-0.4, -0.2) is 71.4 Å². The van der Waals surface area contributed by atoms with Crippen LogP contribution in [0.15, 0.2) is 24.4 Å². The van der Waals surface area contributed by atoms with Crippen molar-refractivity contribution in [3.63, 3.8) is 0 Å². The summed E-state index contributed by atoms with van der Waals surface area (Å²) in [5.74, 6) is -0.519. The molecule has 1 fully saturated rings. The van der Waals surface area contributed by atoms with Crippen molar-refractivity contribution >= 4 is 28.7 Å². The molecule has 200 valence electrons. The van der Waals surface area contributed by atoms with Crippen molar-refractivity contribution in [1.29, 1.82) is 0 Å². The first-order chi connectivity index (χ1) is 17.6. The number of carbonyl (C=O) groups excluding carboxylic acids is 3. The first-order valence-electron chi connectivity index (χ1n) is 12.7. The molecule has 37 heavy (non-hydrogen) atoms. The highest BCUT2D eigenvalue weighted by Crippen LogP contribution is 2.34. The number of nitrogens with one attached hydrogen (secondary N) is 1. The van der Waals surface area contributed by atoms with E-state index in [-0.39, 0.29) is 25.3 Å². The molecule has 1 unspecified atom stereocenters. The quantitative estimate of drug-likeness (QED) is 0.556. The van der Waals surface area contributed by atoms with Gasteiger partial charge in [-0.15, -0.1) is 0 Å². The number of rotatable bonds is 1. The van der Waals surface area contributed by atoms with Crippen molar-refractivity contribution in [3.8, 4) is 11.6 Å². The van der Waals surface area contributed by atoms with Gasteiger partial charge in [0.05, 0.1) is 20.3 Å². The number of ether oxygens (including phenoxy) is 3. The summed E-state index contributed by atoms with van der Waals surface area (Å²) in [6, 6.07) is 3.61. The predicted molar refractivity (Wildman–Crippen MR) is 135 cm³/mol. The van der Waals surface area contributed by atoms with Crippen molar-refractivity contribution in [2.75, 3.05) is 20.3 Å². The Bertz CT molecular complexity index is 1180. The molecule has 1 aromatic heterocycles. The van der Waals surface area contributed by atoms with Crippen LogP contribution < -0.4 is 10.1 Å². The molecule has 2 N–H and O–H groups in total. The largest absolute Gasteiger partial charge is 0.507 e. The monoisotopic (exact) mass is 513 g/mol. The predicted octanol–water partition coefficient (Wildman–Crippen LogP) is 3.33. The number of hydrogen-bond acceptors (Lipinski definition) is 8. The van der Waals surface area contributed by atoms with Crippen LogP contribution in [0.1, 0.15) is 52.0 Å². The van der Waals surface area contributed by atoms with E-state index in [2.05, 4.69) is 10.3 Å². The van der Waals surface area contributed by atoms with E-state index < -0.39 is 41.6 Å². The molecule has 0 spiro atoms. The fourth-order valence-corrected chi connectivity index (χ4v) is 4.93. The molecule has 0 saturated carbocycles. The van der Waals surface area contributed by atoms with Crippen molar-refractivity contribution < 1.29 is 33.7 Å². The fraction of sp³-hybridized carbons (Fsp3) is 0.556. The van der Waals surface area contributed by atoms with E-state index >= 15 is 0 Å². The lowest BCUT2D eigenvalue weighted by molar-refractivity contribution is -0.152. The number of aromatic nitrogens is 1. The lowest BCUT2D eigenvalue weighted by Gasteiger charge is -2.34. The zero-order valence-corrected chi connectivity index (χ0v) is 21.8. The van der Waals surface area contributed by atoms with Crippen LogP contribution in [0.5, 0.6) is 11.6 Å². The maximum absolute atomic E-state index is 13.7. The number of fused-ring (bicyclic) bond motifs is 3. The minimum absolute atomic E-state index is 0.103. The van der Waals surface area contributed by atoms with Crippen molar-refractivity contribution in [2.24, 2.45) is 5.41 Å². The highest BCUT2D eigenvalue weighted by Gasteiger charge is 2.46. The lowest BCUT2D eigenvalue weighted by Crippen LogP contribution is -2.57. The Labute approximate surface area is 216 Å². The molecule has 3 atom stereocenters. The van der Waals surface area contributed by atoms with E-state index in [1.54, 1.807) is 18.3 Å². The van der Waals surface area contributed by atoms with Gasteiger partial charge in [0, 0.05) is 23.4 Å². The van der Waals surface area contributed by atoms with E-state index in [1.165, 1.54) is 12.0 Å². The second-order valence-corrected chi connectivity index (χ2v) is 10.7. The van der Waals surface area contributed by atoms with Crippen LogP contribution in [0.4, 0.5) is 4.79 Å². The maximum Gasteiger partial charge on any atom is 0.407 e. The first-order valence-corrected chi connectivity index (χ1v) is 12.7. The van der Waals surface area contributed by atoms with E-state index in [1.807, 2.05) is 26.8 Å². The van der Waals surface area contributed by atoms with Crippen LogP contribution in [0, 0.1) is 5.41 Å². The van der Waals surface area contributed by atoms with Gasteiger partial charge in [0.1, 0.15) is 23.9 Å². The number of aryl methyl sites for hydroxylation is 1. The third kappa shape index (κ3) is 5.89. The molecular weight excluding hydrogens is 478 g/mol. The van der Waals surface area contributed by atoms with Crippen molar-refractivity contribution in [1.82, 2.24) is 15.2 Å². The Morgan fingerprint density at radius 1 is 1.19 bits per heavy atom. The van der Waals surface area contributed by atoms with Crippen LogP contribution in [0.2, 0.25) is 0 Å². The van der Waals surface area contributed by atoms with E-state index in [4.69, 9.17) is 14.2 Å². The Hall–Kier alpha value is -3.56. The molecule has 4 bridgehead atoms. The number of amides is 2. The molecule has 0 aliphatic carbocycles. The van der Waals surface area contributed by atoms with Gasteiger partial charge in [-0.25, -0.2) is 14.6 Å². The molecule has 10 heteroatoms. The molecule has 3 heterocycles. The Kier molecular flexibility index (Phi) is 7.75. The number of phenols is 1. The molecule has 4 rings (SSSR count). The summed E-state index contributed by atoms with van der Waals surface area (Å²) in [5.41, 5.74) is 0.285. The van der Waals surface area contributed by atoms with Gasteiger partial charge in [0.15, 0.2) is 0 Å². The van der Waals surface area contributed by atoms with E-state index in [0.29, 0.717) is 23.1 Å². The van der Waals surface area contributed by atoms with E-state index in [9.17, 15) is 19.5 Å². The molecule has 2 amide bonds. The highest BCUT2D eigenvalue weighted by atomic mass is 16.5. The molecule has 0 radical (unpaired) electrons. The van der Waals surface area contributed by atoms with E-state index in [0.717, 1.165) is 24.8 Å². The summed E-state index contributed by atoms with van der Waals surface area (Å²) in [5, 5.41) is 14.6. The third-order valence-corrected chi connectivity index (χ3v) is 6.90. The second kappa shape index (κ2) is 10.8. The van der Waals surface area contributed by atoms with Gasteiger partial charge < -0.3 is 29.5 Å². The Balaban J connectivity index is 1.72. The number of phenolic OH excluding ortho intramolecular Hbond substituents is 1. The first kappa shape index (κ1) is 26.5. The molecule has 2 aliphatic rings. The summed E-state index contributed by atoms with van der Waals surface area (Å²) < 4.78 is 16.6. The molecular formula is C27H35N3O7. The average molecular weight is 514 g/mol. The van der Waals surface area contributed by atoms with Crippen LogP contribution in [0.3, 0.4) is 0 Å². The molecule has 1 saturated heterocycles. The van der Waals surface area contributed by atoms with Crippen LogP contribution >= 0.6 is 0 Å². The van der Waals surface area contributed by atoms with Gasteiger partial charge in [-0.2, -0.15) is 0 Å². The number of hydrogen-bond donors (Lipinski definition) is 2. The minimum Gasteiger partial charge on any atom is -0.507 e. The number of esters is 1. The van der Waals surface area contributed by atoms with Gasteiger partial charge in [0.2, 0.25) is 11.8 Å². The van der Waals surface area contributed by atoms with Crippen LogP contribution in [-0.2, 0) is 25.5 Å². The highest BCUT2D eigenvalue weighted by molar-refractivity contribution is 5.93. The molecule has 2 aliphatic heterocycles. The Morgan fingerprint density at radius 2 is 1.97 bits per heavy atom. The topological polar surface area (TPSA) is 127 Å². The van der Waals surface area contributed by atoms with Gasteiger partial charge in [-0.3, -0.25) is 4.79 Å². The number of benzene rings is 1. The summed E-state index contributed by atoms with van der Waals surface area (Å²) in [6.45, 7) is 5.83. The number of cyclic esters (lactones) is 1. The third-order valence-electron chi connectivity index (χ3n) is 6.90. The minimum atomic E-state index is -0.931. The average Bonchev–Trinajstić information content (AvgIpc) is 3.27. The fourth-order valence-electron chi connectivity index (χ4n) is 4.93. The lowest BCUT2D eigenvalue weighted by atomic mass is 9.85. The van der Waals surface area contributed by atoms with Crippen molar-refractivity contribution in [3.05, 3.63) is 30.0 Å². The number of nitrogens with zero attached hydrogens (tertiary/aromatic N) is 2. The normalized spacial score (nSPS) is 23.6. The summed E-state index contributed by atoms with van der Waals surface area (Å²) in [7, 11) is 1.27. The SMILES string of the molecule is COC(=O)C1C[C@@H]2CN1C(=O)[C@H](C(C)(C)C)NC(=O)OCCCCCc1cc(O)c3ccnc(c3c1)O2. The van der Waals surface area contributed by atoms with Gasteiger partial charge in [-0.1, -0.05) is 20.8 Å². The van der Waals surface area contributed by atoms with Crippen molar-refractivity contribution in [2.45, 2.75) is 71.1 Å². The zero-order chi connectivity index (χ0) is 26.7.